The predicted octanol–water partition coefficient (Wildman–Crippen LogP) is 3.24. The van der Waals surface area contributed by atoms with Crippen LogP contribution in [0.25, 0.3) is 10.9 Å². The number of fused-ring (bicyclic) bond motifs is 2. The predicted molar refractivity (Wildman–Crippen MR) is 112 cm³/mol. The van der Waals surface area contributed by atoms with Crippen molar-refractivity contribution in [2.24, 2.45) is 0 Å². The van der Waals surface area contributed by atoms with Gasteiger partial charge in [-0.3, -0.25) is 14.2 Å². The highest BCUT2D eigenvalue weighted by molar-refractivity contribution is 7.99. The average Bonchev–Trinajstić information content (AvgIpc) is 3.26. The molecule has 1 aliphatic heterocycles. The number of benzene rings is 1. The Labute approximate surface area is 167 Å². The molecule has 1 unspecified atom stereocenters. The maximum Gasteiger partial charge on any atom is 0.254 e. The molecule has 0 spiro atoms. The summed E-state index contributed by atoms with van der Waals surface area (Å²) < 4.78 is 1.68. The molecule has 7 heteroatoms. The van der Waals surface area contributed by atoms with Crippen LogP contribution in [0.5, 0.6) is 0 Å². The molecule has 1 amide bonds. The minimum atomic E-state index is -0.130. The van der Waals surface area contributed by atoms with Crippen LogP contribution in [0, 0.1) is 0 Å². The van der Waals surface area contributed by atoms with E-state index >= 15 is 0 Å². The number of carbonyl (C=O) groups is 1. The van der Waals surface area contributed by atoms with Crippen LogP contribution < -0.4 is 10.9 Å². The van der Waals surface area contributed by atoms with Gasteiger partial charge in [-0.05, 0) is 24.0 Å². The van der Waals surface area contributed by atoms with Gasteiger partial charge in [-0.25, -0.2) is 4.98 Å². The van der Waals surface area contributed by atoms with Crippen LogP contribution in [0.2, 0.25) is 0 Å². The van der Waals surface area contributed by atoms with E-state index < -0.39 is 0 Å². The highest BCUT2D eigenvalue weighted by Crippen LogP contribution is 2.32. The first-order valence-electron chi connectivity index (χ1n) is 9.61. The fourth-order valence-corrected chi connectivity index (χ4v) is 4.73. The maximum absolute atomic E-state index is 12.5. The molecule has 2 N–H and O–H groups in total. The lowest BCUT2D eigenvalue weighted by Gasteiger charge is -2.14. The molecule has 1 aromatic carbocycles. The minimum absolute atomic E-state index is 0.0295. The first kappa shape index (κ1) is 18.8. The van der Waals surface area contributed by atoms with Crippen LogP contribution in [0.1, 0.15) is 43.5 Å². The zero-order valence-corrected chi connectivity index (χ0v) is 16.9. The third-order valence-electron chi connectivity index (χ3n) is 5.11. The molecule has 0 radical (unpaired) electrons. The molecular weight excluding hydrogens is 372 g/mol. The Bertz CT molecular complexity index is 1070. The van der Waals surface area contributed by atoms with Gasteiger partial charge in [0.2, 0.25) is 5.91 Å². The molecule has 3 aromatic rings. The molecule has 6 nitrogen and oxygen atoms in total. The summed E-state index contributed by atoms with van der Waals surface area (Å²) in [6, 6.07) is 9.62. The van der Waals surface area contributed by atoms with E-state index in [1.807, 2.05) is 38.2 Å². The number of thioether (sulfide) groups is 1. The molecule has 3 heterocycles. The number of para-hydroxylation sites is 1. The molecule has 4 rings (SSSR count). The van der Waals surface area contributed by atoms with E-state index in [0.717, 1.165) is 22.8 Å². The molecule has 0 bridgehead atoms. The van der Waals surface area contributed by atoms with Crippen LogP contribution in [-0.2, 0) is 11.2 Å². The van der Waals surface area contributed by atoms with Gasteiger partial charge in [-0.15, -0.1) is 0 Å². The number of rotatable bonds is 6. The van der Waals surface area contributed by atoms with Gasteiger partial charge < -0.3 is 10.3 Å². The van der Waals surface area contributed by atoms with Crippen molar-refractivity contribution in [2.45, 2.75) is 43.8 Å². The van der Waals surface area contributed by atoms with Crippen molar-refractivity contribution >= 4 is 28.6 Å². The van der Waals surface area contributed by atoms with Gasteiger partial charge in [0, 0.05) is 41.9 Å². The largest absolute Gasteiger partial charge is 0.361 e. The van der Waals surface area contributed by atoms with E-state index in [1.54, 1.807) is 22.4 Å². The van der Waals surface area contributed by atoms with Gasteiger partial charge in [0.15, 0.2) is 5.16 Å². The van der Waals surface area contributed by atoms with Crippen LogP contribution >= 0.6 is 11.8 Å². The molecule has 1 aliphatic rings. The molecule has 0 saturated carbocycles. The number of amides is 1. The summed E-state index contributed by atoms with van der Waals surface area (Å²) in [6.07, 6.45) is 3.07. The highest BCUT2D eigenvalue weighted by atomic mass is 32.2. The second-order valence-electron chi connectivity index (χ2n) is 7.45. The Kier molecular flexibility index (Phi) is 5.26. The third-order valence-corrected chi connectivity index (χ3v) is 6.21. The van der Waals surface area contributed by atoms with Gasteiger partial charge in [-0.1, -0.05) is 43.8 Å². The Morgan fingerprint density at radius 3 is 3.04 bits per heavy atom. The second-order valence-corrected chi connectivity index (χ2v) is 8.44. The van der Waals surface area contributed by atoms with E-state index in [-0.39, 0.29) is 23.4 Å². The van der Waals surface area contributed by atoms with Crippen molar-refractivity contribution in [3.63, 3.8) is 0 Å². The Morgan fingerprint density at radius 2 is 2.21 bits per heavy atom. The van der Waals surface area contributed by atoms with E-state index in [9.17, 15) is 9.59 Å². The lowest BCUT2D eigenvalue weighted by molar-refractivity contribution is -0.121. The van der Waals surface area contributed by atoms with Crippen molar-refractivity contribution < 1.29 is 4.79 Å². The Hall–Kier alpha value is -2.54. The summed E-state index contributed by atoms with van der Waals surface area (Å²) in [6.45, 7) is 4.63. The topological polar surface area (TPSA) is 79.8 Å². The fraction of sp³-hybridized carbons (Fsp3) is 0.381. The summed E-state index contributed by atoms with van der Waals surface area (Å²) >= 11 is 1.55. The number of hydrogen-bond donors (Lipinski definition) is 2. The molecule has 0 fully saturated rings. The first-order chi connectivity index (χ1) is 13.5. The SMILES string of the molecule is CC(C)c1cc(=O)n2c(n1)SCC2CC(=O)NCCc1c[nH]c2ccccc12. The van der Waals surface area contributed by atoms with Crippen LogP contribution in [0.4, 0.5) is 0 Å². The van der Waals surface area contributed by atoms with Crippen molar-refractivity contribution in [1.29, 1.82) is 0 Å². The van der Waals surface area contributed by atoms with E-state index in [4.69, 9.17) is 0 Å². The van der Waals surface area contributed by atoms with Crippen LogP contribution in [0.3, 0.4) is 0 Å². The van der Waals surface area contributed by atoms with E-state index in [0.29, 0.717) is 18.7 Å². The minimum Gasteiger partial charge on any atom is -0.361 e. The van der Waals surface area contributed by atoms with E-state index in [1.165, 1.54) is 10.9 Å². The van der Waals surface area contributed by atoms with Crippen molar-refractivity contribution in [2.75, 3.05) is 12.3 Å². The van der Waals surface area contributed by atoms with Gasteiger partial charge in [0.05, 0.1) is 11.7 Å². The number of carbonyl (C=O) groups excluding carboxylic acids is 1. The zero-order chi connectivity index (χ0) is 19.7. The van der Waals surface area contributed by atoms with Gasteiger partial charge in [0.1, 0.15) is 0 Å². The fourth-order valence-electron chi connectivity index (χ4n) is 3.58. The Morgan fingerprint density at radius 1 is 1.39 bits per heavy atom. The van der Waals surface area contributed by atoms with Crippen LogP contribution in [0.15, 0.2) is 46.5 Å². The number of aromatic nitrogens is 3. The monoisotopic (exact) mass is 396 g/mol. The lowest BCUT2D eigenvalue weighted by Crippen LogP contribution is -2.31. The first-order valence-corrected chi connectivity index (χ1v) is 10.6. The molecule has 2 aromatic heterocycles. The van der Waals surface area contributed by atoms with Gasteiger partial charge >= 0.3 is 0 Å². The molecule has 28 heavy (non-hydrogen) atoms. The zero-order valence-electron chi connectivity index (χ0n) is 16.1. The molecule has 146 valence electrons. The molecule has 1 atom stereocenters. The van der Waals surface area contributed by atoms with E-state index in [2.05, 4.69) is 21.4 Å². The number of hydrogen-bond acceptors (Lipinski definition) is 4. The number of aromatic amines is 1. The molecular formula is C21H24N4O2S. The third kappa shape index (κ3) is 3.71. The standard InChI is InChI=1S/C21H24N4O2S/c1-13(2)18-10-20(27)25-15(12-28-21(25)24-18)9-19(26)22-8-7-14-11-23-17-6-4-3-5-16(14)17/h3-6,10-11,13,15,23H,7-9,12H2,1-2H3,(H,22,26). The molecule has 0 aliphatic carbocycles. The van der Waals surface area contributed by atoms with Crippen molar-refractivity contribution in [1.82, 2.24) is 19.9 Å². The second kappa shape index (κ2) is 7.83. The van der Waals surface area contributed by atoms with Crippen LogP contribution in [-0.4, -0.2) is 32.7 Å². The van der Waals surface area contributed by atoms with Gasteiger partial charge in [0.25, 0.3) is 5.56 Å². The normalized spacial score (nSPS) is 15.9. The van der Waals surface area contributed by atoms with Crippen molar-refractivity contribution in [3.8, 4) is 0 Å². The summed E-state index contributed by atoms with van der Waals surface area (Å²) in [7, 11) is 0. The van der Waals surface area contributed by atoms with Crippen molar-refractivity contribution in [3.05, 3.63) is 58.1 Å². The molecule has 0 saturated heterocycles. The maximum atomic E-state index is 12.5. The summed E-state index contributed by atoms with van der Waals surface area (Å²) in [5, 5.41) is 4.92. The number of nitrogens with zero attached hydrogens (tertiary/aromatic N) is 2. The highest BCUT2D eigenvalue weighted by Gasteiger charge is 2.27. The number of H-pyrrole nitrogens is 1. The summed E-state index contributed by atoms with van der Waals surface area (Å²) in [5.74, 6) is 0.892. The summed E-state index contributed by atoms with van der Waals surface area (Å²) in [5.41, 5.74) is 3.05. The smallest absolute Gasteiger partial charge is 0.254 e. The lowest BCUT2D eigenvalue weighted by atomic mass is 10.1. The average molecular weight is 397 g/mol. The summed E-state index contributed by atoms with van der Waals surface area (Å²) in [4.78, 5) is 32.8. The number of nitrogens with one attached hydrogen (secondary N) is 2. The Balaban J connectivity index is 1.36. The van der Waals surface area contributed by atoms with Gasteiger partial charge in [-0.2, -0.15) is 0 Å². The quantitative estimate of drug-likeness (QED) is 0.627.